The predicted octanol–water partition coefficient (Wildman–Crippen LogP) is 5.96. The average molecular weight is 435 g/mol. The molecule has 3 heterocycles. The van der Waals surface area contributed by atoms with E-state index in [-0.39, 0.29) is 0 Å². The highest BCUT2D eigenvalue weighted by Crippen LogP contribution is 2.37. The summed E-state index contributed by atoms with van der Waals surface area (Å²) >= 11 is 6.37. The summed E-state index contributed by atoms with van der Waals surface area (Å²) in [7, 11) is 0. The van der Waals surface area contributed by atoms with Crippen LogP contribution < -0.4 is 5.32 Å². The van der Waals surface area contributed by atoms with E-state index in [0.29, 0.717) is 5.92 Å². The molecule has 31 heavy (non-hydrogen) atoms. The van der Waals surface area contributed by atoms with Crippen LogP contribution in [-0.2, 0) is 13.0 Å². The number of benzene rings is 2. The number of nitrogens with zero attached hydrogens (tertiary/aromatic N) is 3. The van der Waals surface area contributed by atoms with Crippen molar-refractivity contribution in [2.75, 3.05) is 25.0 Å². The van der Waals surface area contributed by atoms with Crippen molar-refractivity contribution in [3.8, 4) is 5.69 Å². The van der Waals surface area contributed by atoms with E-state index < -0.39 is 0 Å². The van der Waals surface area contributed by atoms with Gasteiger partial charge < -0.3 is 5.32 Å². The summed E-state index contributed by atoms with van der Waals surface area (Å²) in [5.41, 5.74) is 6.39. The Kier molecular flexibility index (Phi) is 6.02. The number of likely N-dealkylation sites (tertiary alicyclic amines) is 1. The first-order valence-corrected chi connectivity index (χ1v) is 12.0. The predicted molar refractivity (Wildman–Crippen MR) is 128 cm³/mol. The molecule has 1 saturated heterocycles. The zero-order valence-corrected chi connectivity index (χ0v) is 19.0. The minimum absolute atomic E-state index is 0.479. The average Bonchev–Trinajstić information content (AvgIpc) is 2.97. The molecule has 4 nitrogen and oxygen atoms in total. The molecule has 2 aromatic carbocycles. The van der Waals surface area contributed by atoms with E-state index in [0.717, 1.165) is 36.8 Å². The second-order valence-electron chi connectivity index (χ2n) is 9.00. The Morgan fingerprint density at radius 1 is 1.10 bits per heavy atom. The molecule has 0 radical (unpaired) electrons. The molecule has 5 heteroatoms. The van der Waals surface area contributed by atoms with Gasteiger partial charge in [-0.3, -0.25) is 4.90 Å². The largest absolute Gasteiger partial charge is 0.370 e. The van der Waals surface area contributed by atoms with Crippen LogP contribution in [0.3, 0.4) is 0 Å². The molecule has 1 N–H and O–H groups in total. The van der Waals surface area contributed by atoms with Gasteiger partial charge in [0.25, 0.3) is 0 Å². The Balaban J connectivity index is 1.48. The lowest BCUT2D eigenvalue weighted by Gasteiger charge is -2.32. The minimum Gasteiger partial charge on any atom is -0.370 e. The first-order valence-electron chi connectivity index (χ1n) is 11.6. The Bertz CT molecular complexity index is 1040. The van der Waals surface area contributed by atoms with Crippen LogP contribution in [0.1, 0.15) is 54.0 Å². The van der Waals surface area contributed by atoms with Crippen LogP contribution in [0.2, 0.25) is 5.02 Å². The maximum absolute atomic E-state index is 6.37. The van der Waals surface area contributed by atoms with Gasteiger partial charge in [-0.05, 0) is 68.8 Å². The van der Waals surface area contributed by atoms with Gasteiger partial charge in [0, 0.05) is 36.1 Å². The van der Waals surface area contributed by atoms with Crippen molar-refractivity contribution in [3.05, 3.63) is 75.9 Å². The van der Waals surface area contributed by atoms with Crippen LogP contribution in [-0.4, -0.2) is 34.3 Å². The van der Waals surface area contributed by atoms with Crippen LogP contribution in [0.25, 0.3) is 5.69 Å². The summed E-state index contributed by atoms with van der Waals surface area (Å²) in [6, 6.07) is 16.9. The standard InChI is InChI=1S/C26H31ClN4/c1-19-12-13-22(27)16-24(19)31-26-23(11-5-6-14-28-26)25(29-31)21-10-7-15-30(18-21)17-20-8-3-2-4-9-20/h2-4,8-9,12-13,16,21,28H,5-7,10-11,14-15,17-18H2,1H3. The molecule has 1 unspecified atom stereocenters. The number of hydrogen-bond donors (Lipinski definition) is 1. The van der Waals surface area contributed by atoms with Gasteiger partial charge in [-0.1, -0.05) is 48.0 Å². The zero-order chi connectivity index (χ0) is 21.2. The van der Waals surface area contributed by atoms with Crippen molar-refractivity contribution in [3.63, 3.8) is 0 Å². The molecular weight excluding hydrogens is 404 g/mol. The van der Waals surface area contributed by atoms with Crippen molar-refractivity contribution in [1.29, 1.82) is 0 Å². The molecule has 2 aliphatic rings. The molecule has 1 aromatic heterocycles. The van der Waals surface area contributed by atoms with Crippen LogP contribution in [0.4, 0.5) is 5.82 Å². The molecule has 0 amide bonds. The molecule has 1 atom stereocenters. The number of anilines is 1. The smallest absolute Gasteiger partial charge is 0.133 e. The summed E-state index contributed by atoms with van der Waals surface area (Å²) in [5.74, 6) is 1.66. The number of nitrogens with one attached hydrogen (secondary N) is 1. The fourth-order valence-electron chi connectivity index (χ4n) is 5.11. The number of rotatable bonds is 4. The molecular formula is C26H31ClN4. The fourth-order valence-corrected chi connectivity index (χ4v) is 5.27. The molecule has 3 aromatic rings. The van der Waals surface area contributed by atoms with Gasteiger partial charge in [0.15, 0.2) is 0 Å². The summed E-state index contributed by atoms with van der Waals surface area (Å²) < 4.78 is 2.13. The number of fused-ring (bicyclic) bond motifs is 1. The number of halogens is 1. The van der Waals surface area contributed by atoms with Crippen LogP contribution in [0.5, 0.6) is 0 Å². The number of aromatic nitrogens is 2. The van der Waals surface area contributed by atoms with E-state index in [1.807, 2.05) is 12.1 Å². The van der Waals surface area contributed by atoms with Gasteiger partial charge in [0.1, 0.15) is 5.82 Å². The van der Waals surface area contributed by atoms with Crippen molar-refractivity contribution < 1.29 is 0 Å². The van der Waals surface area contributed by atoms with Crippen LogP contribution >= 0.6 is 11.6 Å². The topological polar surface area (TPSA) is 33.1 Å². The molecule has 2 aliphatic heterocycles. The Labute approximate surface area is 190 Å². The molecule has 0 saturated carbocycles. The SMILES string of the molecule is Cc1ccc(Cl)cc1-n1nc(C2CCCN(Cc3ccccc3)C2)c2c1NCCCC2. The lowest BCUT2D eigenvalue weighted by Crippen LogP contribution is -2.34. The molecule has 5 rings (SSSR count). The second-order valence-corrected chi connectivity index (χ2v) is 9.44. The van der Waals surface area contributed by atoms with E-state index >= 15 is 0 Å². The Hall–Kier alpha value is -2.30. The number of aryl methyl sites for hydroxylation is 1. The highest BCUT2D eigenvalue weighted by Gasteiger charge is 2.29. The minimum atomic E-state index is 0.479. The lowest BCUT2D eigenvalue weighted by atomic mass is 9.91. The van der Waals surface area contributed by atoms with E-state index in [2.05, 4.69) is 58.2 Å². The fraction of sp³-hybridized carbons (Fsp3) is 0.423. The third-order valence-corrected chi connectivity index (χ3v) is 6.94. The van der Waals surface area contributed by atoms with Gasteiger partial charge in [-0.2, -0.15) is 5.10 Å². The van der Waals surface area contributed by atoms with Gasteiger partial charge in [0.05, 0.1) is 11.4 Å². The van der Waals surface area contributed by atoms with Gasteiger partial charge in [-0.15, -0.1) is 0 Å². The normalized spacial score (nSPS) is 19.5. The first kappa shape index (κ1) is 20.6. The highest BCUT2D eigenvalue weighted by molar-refractivity contribution is 6.30. The molecule has 0 bridgehead atoms. The summed E-state index contributed by atoms with van der Waals surface area (Å²) in [6.07, 6.45) is 5.96. The molecule has 162 valence electrons. The first-order chi connectivity index (χ1) is 15.2. The summed E-state index contributed by atoms with van der Waals surface area (Å²) in [4.78, 5) is 2.60. The monoisotopic (exact) mass is 434 g/mol. The van der Waals surface area contributed by atoms with Gasteiger partial charge in [-0.25, -0.2) is 4.68 Å². The quantitative estimate of drug-likeness (QED) is 0.549. The van der Waals surface area contributed by atoms with Crippen molar-refractivity contribution >= 4 is 17.4 Å². The van der Waals surface area contributed by atoms with E-state index in [1.165, 1.54) is 60.4 Å². The third kappa shape index (κ3) is 4.37. The second kappa shape index (κ2) is 9.05. The number of piperidine rings is 1. The van der Waals surface area contributed by atoms with Gasteiger partial charge in [0.2, 0.25) is 0 Å². The number of hydrogen-bond acceptors (Lipinski definition) is 3. The zero-order valence-electron chi connectivity index (χ0n) is 18.3. The maximum atomic E-state index is 6.37. The van der Waals surface area contributed by atoms with Crippen molar-refractivity contribution in [2.45, 2.75) is 51.5 Å². The molecule has 0 aliphatic carbocycles. The molecule has 1 fully saturated rings. The van der Waals surface area contributed by atoms with E-state index in [1.54, 1.807) is 0 Å². The summed E-state index contributed by atoms with van der Waals surface area (Å²) in [6.45, 7) is 6.40. The Morgan fingerprint density at radius 2 is 1.97 bits per heavy atom. The Morgan fingerprint density at radius 3 is 2.84 bits per heavy atom. The van der Waals surface area contributed by atoms with Crippen molar-refractivity contribution in [2.24, 2.45) is 0 Å². The van der Waals surface area contributed by atoms with E-state index in [9.17, 15) is 0 Å². The van der Waals surface area contributed by atoms with E-state index in [4.69, 9.17) is 16.7 Å². The highest BCUT2D eigenvalue weighted by atomic mass is 35.5. The maximum Gasteiger partial charge on any atom is 0.133 e. The summed E-state index contributed by atoms with van der Waals surface area (Å²) in [5, 5.41) is 9.69. The van der Waals surface area contributed by atoms with Crippen LogP contribution in [0, 0.1) is 6.92 Å². The van der Waals surface area contributed by atoms with Crippen LogP contribution in [0.15, 0.2) is 48.5 Å². The third-order valence-electron chi connectivity index (χ3n) is 6.70. The van der Waals surface area contributed by atoms with Gasteiger partial charge >= 0.3 is 0 Å². The lowest BCUT2D eigenvalue weighted by molar-refractivity contribution is 0.198. The molecule has 0 spiro atoms. The van der Waals surface area contributed by atoms with Crippen molar-refractivity contribution in [1.82, 2.24) is 14.7 Å².